The number of aromatic nitrogens is 2. The van der Waals surface area contributed by atoms with E-state index in [0.29, 0.717) is 24.5 Å². The van der Waals surface area contributed by atoms with Crippen LogP contribution in [0.1, 0.15) is 32.4 Å². The third kappa shape index (κ3) is 8.70. The number of carbonyl (C=O) groups is 2. The van der Waals surface area contributed by atoms with E-state index in [-0.39, 0.29) is 0 Å². The van der Waals surface area contributed by atoms with Crippen molar-refractivity contribution in [3.05, 3.63) is 59.2 Å². The van der Waals surface area contributed by atoms with Crippen LogP contribution in [-0.4, -0.2) is 60.7 Å². The topological polar surface area (TPSA) is 102 Å². The summed E-state index contributed by atoms with van der Waals surface area (Å²) in [5.41, 5.74) is 2.26. The van der Waals surface area contributed by atoms with Gasteiger partial charge >= 0.3 is 11.9 Å². The highest BCUT2D eigenvalue weighted by atomic mass is 33.1. The number of carbonyl (C=O) groups excluding carboxylic acids is 2. The summed E-state index contributed by atoms with van der Waals surface area (Å²) in [6.45, 7) is 2.91. The van der Waals surface area contributed by atoms with Gasteiger partial charge < -0.3 is 20.1 Å². The lowest BCUT2D eigenvalue weighted by molar-refractivity contribution is 0.0585. The highest BCUT2D eigenvalue weighted by Gasteiger charge is 2.08. The van der Waals surface area contributed by atoms with Gasteiger partial charge in [0.1, 0.15) is 11.4 Å². The zero-order chi connectivity index (χ0) is 21.6. The van der Waals surface area contributed by atoms with Gasteiger partial charge in [0.25, 0.3) is 0 Å². The highest BCUT2D eigenvalue weighted by Crippen LogP contribution is 2.19. The molecule has 2 rings (SSSR count). The summed E-state index contributed by atoms with van der Waals surface area (Å²) in [4.78, 5) is 31.5. The summed E-state index contributed by atoms with van der Waals surface area (Å²) in [5.74, 6) is 1.07. The van der Waals surface area contributed by atoms with Gasteiger partial charge in [-0.15, -0.1) is 0 Å². The van der Waals surface area contributed by atoms with Gasteiger partial charge in [0.15, 0.2) is 0 Å². The van der Waals surface area contributed by atoms with Crippen LogP contribution in [0.2, 0.25) is 0 Å². The van der Waals surface area contributed by atoms with Crippen LogP contribution < -0.4 is 10.6 Å². The fourth-order valence-corrected chi connectivity index (χ4v) is 4.27. The van der Waals surface area contributed by atoms with E-state index in [9.17, 15) is 9.59 Å². The fourth-order valence-electron chi connectivity index (χ4n) is 2.37. The quantitative estimate of drug-likeness (QED) is 0.268. The molecular formula is C20H26N4O4S2. The van der Waals surface area contributed by atoms with Crippen LogP contribution in [0.15, 0.2) is 36.4 Å². The van der Waals surface area contributed by atoms with Gasteiger partial charge in [-0.2, -0.15) is 0 Å². The zero-order valence-electron chi connectivity index (χ0n) is 17.1. The lowest BCUT2D eigenvalue weighted by Gasteiger charge is -2.07. The van der Waals surface area contributed by atoms with Crippen molar-refractivity contribution in [3.8, 4) is 0 Å². The zero-order valence-corrected chi connectivity index (χ0v) is 18.7. The number of nitrogens with one attached hydrogen (secondary N) is 2. The van der Waals surface area contributed by atoms with Crippen LogP contribution in [0.5, 0.6) is 0 Å². The molecule has 8 nitrogen and oxygen atoms in total. The first-order valence-electron chi connectivity index (χ1n) is 9.38. The molecule has 10 heteroatoms. The minimum Gasteiger partial charge on any atom is -0.464 e. The molecule has 0 aliphatic rings. The van der Waals surface area contributed by atoms with Crippen molar-refractivity contribution in [2.45, 2.75) is 13.1 Å². The molecule has 0 unspecified atom stereocenters. The van der Waals surface area contributed by atoms with Crippen molar-refractivity contribution < 1.29 is 19.1 Å². The molecule has 2 aromatic heterocycles. The molecule has 30 heavy (non-hydrogen) atoms. The number of ether oxygens (including phenoxy) is 2. The number of hydrogen-bond acceptors (Lipinski definition) is 10. The summed E-state index contributed by atoms with van der Waals surface area (Å²) >= 11 is 0. The number of methoxy groups -OCH3 is 2. The molecule has 2 N–H and O–H groups in total. The van der Waals surface area contributed by atoms with Gasteiger partial charge in [-0.3, -0.25) is 0 Å². The second-order valence-electron chi connectivity index (χ2n) is 6.01. The van der Waals surface area contributed by atoms with E-state index < -0.39 is 11.9 Å². The van der Waals surface area contributed by atoms with Crippen molar-refractivity contribution in [3.63, 3.8) is 0 Å². The van der Waals surface area contributed by atoms with Crippen LogP contribution >= 0.6 is 21.6 Å². The molecule has 2 aromatic rings. The molecule has 0 saturated heterocycles. The van der Waals surface area contributed by atoms with Gasteiger partial charge in [0.2, 0.25) is 0 Å². The molecule has 0 fully saturated rings. The molecule has 0 spiro atoms. The second-order valence-corrected chi connectivity index (χ2v) is 8.71. The molecule has 2 heterocycles. The second kappa shape index (κ2) is 14.0. The minimum atomic E-state index is -0.427. The molecule has 0 saturated carbocycles. The van der Waals surface area contributed by atoms with Crippen molar-refractivity contribution >= 4 is 33.5 Å². The number of rotatable bonds is 13. The Morgan fingerprint density at radius 1 is 0.800 bits per heavy atom. The van der Waals surface area contributed by atoms with Crippen LogP contribution in [0, 0.1) is 0 Å². The third-order valence-electron chi connectivity index (χ3n) is 3.82. The molecule has 0 aliphatic heterocycles. The SMILES string of the molecule is COC(=O)c1cccc(CNCCSSCCNCc2cccc(C(=O)OC)n2)n1. The van der Waals surface area contributed by atoms with Crippen LogP contribution in [0.3, 0.4) is 0 Å². The molecule has 0 amide bonds. The summed E-state index contributed by atoms with van der Waals surface area (Å²) in [5, 5.41) is 6.64. The first-order valence-corrected chi connectivity index (χ1v) is 11.9. The highest BCUT2D eigenvalue weighted by molar-refractivity contribution is 8.76. The monoisotopic (exact) mass is 450 g/mol. The smallest absolute Gasteiger partial charge is 0.356 e. The number of nitrogens with zero attached hydrogens (tertiary/aromatic N) is 2. The largest absolute Gasteiger partial charge is 0.464 e. The van der Waals surface area contributed by atoms with E-state index in [4.69, 9.17) is 0 Å². The fraction of sp³-hybridized carbons (Fsp3) is 0.400. The van der Waals surface area contributed by atoms with E-state index in [2.05, 4.69) is 30.1 Å². The van der Waals surface area contributed by atoms with Crippen molar-refractivity contribution in [2.75, 3.05) is 38.8 Å². The van der Waals surface area contributed by atoms with Gasteiger partial charge in [-0.25, -0.2) is 19.6 Å². The number of esters is 2. The number of hydrogen-bond donors (Lipinski definition) is 2. The maximum absolute atomic E-state index is 11.5. The Hall–Kier alpha value is -2.14. The Morgan fingerprint density at radius 2 is 1.23 bits per heavy atom. The molecule has 162 valence electrons. The molecule has 0 aromatic carbocycles. The summed E-state index contributed by atoms with van der Waals surface area (Å²) < 4.78 is 9.36. The van der Waals surface area contributed by atoms with Crippen molar-refractivity contribution in [2.24, 2.45) is 0 Å². The Balaban J connectivity index is 1.51. The summed E-state index contributed by atoms with van der Waals surface area (Å²) in [6, 6.07) is 10.6. The van der Waals surface area contributed by atoms with E-state index in [1.807, 2.05) is 12.1 Å². The minimum absolute atomic E-state index is 0.321. The lowest BCUT2D eigenvalue weighted by Crippen LogP contribution is -2.19. The first-order chi connectivity index (χ1) is 14.6. The van der Waals surface area contributed by atoms with E-state index in [1.54, 1.807) is 45.9 Å². The Kier molecular flexibility index (Phi) is 11.2. The molecule has 0 bridgehead atoms. The maximum atomic E-state index is 11.5. The van der Waals surface area contributed by atoms with E-state index in [0.717, 1.165) is 36.0 Å². The summed E-state index contributed by atoms with van der Waals surface area (Å²) in [7, 11) is 6.29. The Bertz CT molecular complexity index is 755. The van der Waals surface area contributed by atoms with Gasteiger partial charge in [0, 0.05) is 37.7 Å². The third-order valence-corrected chi connectivity index (χ3v) is 6.23. The molecular weight excluding hydrogens is 424 g/mol. The van der Waals surface area contributed by atoms with E-state index >= 15 is 0 Å². The van der Waals surface area contributed by atoms with Crippen LogP contribution in [0.4, 0.5) is 0 Å². The predicted molar refractivity (Wildman–Crippen MR) is 119 cm³/mol. The Labute approximate surface area is 184 Å². The van der Waals surface area contributed by atoms with Gasteiger partial charge in [-0.05, 0) is 24.3 Å². The maximum Gasteiger partial charge on any atom is 0.356 e. The van der Waals surface area contributed by atoms with Crippen LogP contribution in [-0.2, 0) is 22.6 Å². The average Bonchev–Trinajstić information content (AvgIpc) is 2.79. The van der Waals surface area contributed by atoms with Gasteiger partial charge in [0.05, 0.1) is 25.6 Å². The molecule has 0 radical (unpaired) electrons. The van der Waals surface area contributed by atoms with E-state index in [1.165, 1.54) is 14.2 Å². The van der Waals surface area contributed by atoms with Crippen molar-refractivity contribution in [1.29, 1.82) is 0 Å². The Morgan fingerprint density at radius 3 is 1.63 bits per heavy atom. The normalized spacial score (nSPS) is 10.6. The standard InChI is InChI=1S/C20H26N4O4S2/c1-27-19(25)17-7-3-5-15(23-17)13-21-9-11-29-30-12-10-22-14-16-6-4-8-18(24-16)20(26)28-2/h3-8,21-22H,9-14H2,1-2H3. The predicted octanol–water partition coefficient (Wildman–Crippen LogP) is 2.31. The molecule has 0 atom stereocenters. The van der Waals surface area contributed by atoms with Crippen molar-refractivity contribution in [1.82, 2.24) is 20.6 Å². The van der Waals surface area contributed by atoms with Gasteiger partial charge in [-0.1, -0.05) is 33.7 Å². The molecule has 0 aliphatic carbocycles. The number of pyridine rings is 2. The average molecular weight is 451 g/mol. The summed E-state index contributed by atoms with van der Waals surface area (Å²) in [6.07, 6.45) is 0. The lowest BCUT2D eigenvalue weighted by atomic mass is 10.3. The van der Waals surface area contributed by atoms with Crippen LogP contribution in [0.25, 0.3) is 0 Å². The first kappa shape index (κ1) is 24.1.